The van der Waals surface area contributed by atoms with Gasteiger partial charge in [0, 0.05) is 16.7 Å². The quantitative estimate of drug-likeness (QED) is 0.672. The molecule has 4 heteroatoms. The monoisotopic (exact) mass is 223 g/mol. The average molecular weight is 224 g/mol. The van der Waals surface area contributed by atoms with E-state index in [-0.39, 0.29) is 5.91 Å². The molecule has 0 unspecified atom stereocenters. The maximum atomic E-state index is 10.8. The highest BCUT2D eigenvalue weighted by atomic mass is 79.9. The maximum absolute atomic E-state index is 10.8. The normalized spacial score (nSPS) is 13.9. The number of fused-ring (bicyclic) bond motifs is 1. The molecule has 1 aliphatic heterocycles. The molecule has 1 aromatic heterocycles. The van der Waals surface area contributed by atoms with Gasteiger partial charge in [0.1, 0.15) is 0 Å². The first-order valence-corrected chi connectivity index (χ1v) is 4.14. The van der Waals surface area contributed by atoms with Crippen LogP contribution in [0.3, 0.4) is 0 Å². The first-order valence-electron chi connectivity index (χ1n) is 3.35. The first-order chi connectivity index (χ1) is 5.75. The van der Waals surface area contributed by atoms with E-state index in [1.54, 1.807) is 18.3 Å². The van der Waals surface area contributed by atoms with Crippen LogP contribution in [0.15, 0.2) is 22.8 Å². The largest absolute Gasteiger partial charge is 0.270 e. The van der Waals surface area contributed by atoms with Crippen LogP contribution in [0.1, 0.15) is 5.69 Å². The standard InChI is InChI=1S/C8H4BrN2O/c9-5-3-7-6(10-4-5)1-2-8(12)11-7/h1-4H. The Bertz CT molecular complexity index is 373. The Morgan fingerprint density at radius 1 is 1.33 bits per heavy atom. The fourth-order valence-corrected chi connectivity index (χ4v) is 1.28. The molecule has 0 bridgehead atoms. The molecule has 1 radical (unpaired) electrons. The lowest BCUT2D eigenvalue weighted by molar-refractivity contribution is -0.115. The Morgan fingerprint density at radius 3 is 3.00 bits per heavy atom. The summed E-state index contributed by atoms with van der Waals surface area (Å²) in [7, 11) is 0. The molecule has 0 aliphatic carbocycles. The van der Waals surface area contributed by atoms with Gasteiger partial charge in [0.2, 0.25) is 0 Å². The summed E-state index contributed by atoms with van der Waals surface area (Å²) >= 11 is 3.25. The van der Waals surface area contributed by atoms with Crippen molar-refractivity contribution in [1.29, 1.82) is 0 Å². The lowest BCUT2D eigenvalue weighted by atomic mass is 10.2. The van der Waals surface area contributed by atoms with E-state index in [2.05, 4.69) is 26.2 Å². The molecular formula is C8H4BrN2O. The summed E-state index contributed by atoms with van der Waals surface area (Å²) in [4.78, 5) is 14.9. The van der Waals surface area contributed by atoms with Gasteiger partial charge in [-0.15, -0.1) is 0 Å². The van der Waals surface area contributed by atoms with E-state index in [1.807, 2.05) is 0 Å². The van der Waals surface area contributed by atoms with Crippen molar-refractivity contribution < 1.29 is 4.79 Å². The van der Waals surface area contributed by atoms with Gasteiger partial charge in [0.05, 0.1) is 11.4 Å². The van der Waals surface area contributed by atoms with E-state index in [0.717, 1.165) is 10.2 Å². The third-order valence-electron chi connectivity index (χ3n) is 1.48. The Labute approximate surface area is 77.6 Å². The number of hydrogen-bond donors (Lipinski definition) is 0. The van der Waals surface area contributed by atoms with Crippen molar-refractivity contribution >= 4 is 33.6 Å². The average Bonchev–Trinajstić information content (AvgIpc) is 2.03. The highest BCUT2D eigenvalue weighted by molar-refractivity contribution is 9.10. The Balaban J connectivity index is 2.54. The van der Waals surface area contributed by atoms with Gasteiger partial charge in [0.25, 0.3) is 5.91 Å². The number of aromatic nitrogens is 1. The van der Waals surface area contributed by atoms with Crippen LogP contribution in [0, 0.1) is 0 Å². The molecule has 0 saturated carbocycles. The summed E-state index contributed by atoms with van der Waals surface area (Å²) in [6.45, 7) is 0. The molecule has 2 heterocycles. The molecule has 0 atom stereocenters. The fourth-order valence-electron chi connectivity index (χ4n) is 0.963. The fraction of sp³-hybridized carbons (Fsp3) is 0. The second kappa shape index (κ2) is 2.71. The van der Waals surface area contributed by atoms with E-state index in [1.165, 1.54) is 6.08 Å². The van der Waals surface area contributed by atoms with Crippen LogP contribution in [0.5, 0.6) is 0 Å². The minimum atomic E-state index is -0.234. The molecule has 1 aromatic rings. The number of nitrogens with zero attached hydrogens (tertiary/aromatic N) is 2. The van der Waals surface area contributed by atoms with Gasteiger partial charge in [-0.2, -0.15) is 0 Å². The lowest BCUT2D eigenvalue weighted by Crippen LogP contribution is -2.11. The predicted molar refractivity (Wildman–Crippen MR) is 47.8 cm³/mol. The Hall–Kier alpha value is -1.16. The molecule has 0 spiro atoms. The summed E-state index contributed by atoms with van der Waals surface area (Å²) in [5, 5.41) is 3.79. The topological polar surface area (TPSA) is 44.1 Å². The number of rotatable bonds is 0. The van der Waals surface area contributed by atoms with Crippen LogP contribution >= 0.6 is 15.9 Å². The maximum Gasteiger partial charge on any atom is 0.270 e. The summed E-state index contributed by atoms with van der Waals surface area (Å²) < 4.78 is 0.827. The van der Waals surface area contributed by atoms with E-state index in [9.17, 15) is 4.79 Å². The van der Waals surface area contributed by atoms with Gasteiger partial charge in [-0.3, -0.25) is 9.78 Å². The van der Waals surface area contributed by atoms with Gasteiger partial charge >= 0.3 is 0 Å². The molecular weight excluding hydrogens is 220 g/mol. The molecule has 0 aromatic carbocycles. The number of halogens is 1. The number of amides is 1. The van der Waals surface area contributed by atoms with Crippen molar-refractivity contribution in [3.05, 3.63) is 28.5 Å². The zero-order valence-electron chi connectivity index (χ0n) is 5.99. The number of pyridine rings is 1. The van der Waals surface area contributed by atoms with Crippen LogP contribution in [-0.2, 0) is 4.79 Å². The van der Waals surface area contributed by atoms with Crippen molar-refractivity contribution in [2.75, 3.05) is 0 Å². The zero-order valence-corrected chi connectivity index (χ0v) is 7.58. The van der Waals surface area contributed by atoms with E-state index >= 15 is 0 Å². The summed E-state index contributed by atoms with van der Waals surface area (Å²) in [6, 6.07) is 1.77. The minimum absolute atomic E-state index is 0.234. The molecule has 1 aliphatic rings. The van der Waals surface area contributed by atoms with Crippen LogP contribution in [0.4, 0.5) is 5.69 Å². The smallest absolute Gasteiger partial charge is 0.267 e. The van der Waals surface area contributed by atoms with Crippen molar-refractivity contribution in [2.45, 2.75) is 0 Å². The molecule has 59 valence electrons. The van der Waals surface area contributed by atoms with Crippen molar-refractivity contribution in [3.63, 3.8) is 0 Å². The van der Waals surface area contributed by atoms with E-state index < -0.39 is 0 Å². The second-order valence-corrected chi connectivity index (χ2v) is 3.26. The second-order valence-electron chi connectivity index (χ2n) is 2.34. The van der Waals surface area contributed by atoms with Crippen LogP contribution < -0.4 is 5.32 Å². The molecule has 0 fully saturated rings. The summed E-state index contributed by atoms with van der Waals surface area (Å²) in [6.07, 6.45) is 4.74. The van der Waals surface area contributed by atoms with Crippen molar-refractivity contribution in [3.8, 4) is 0 Å². The molecule has 1 amide bonds. The van der Waals surface area contributed by atoms with Crippen LogP contribution in [0.2, 0.25) is 0 Å². The molecule has 3 nitrogen and oxygen atoms in total. The van der Waals surface area contributed by atoms with Crippen molar-refractivity contribution in [1.82, 2.24) is 10.3 Å². The number of carbonyl (C=O) groups is 1. The molecule has 12 heavy (non-hydrogen) atoms. The number of carbonyl (C=O) groups excluding carboxylic acids is 1. The Morgan fingerprint density at radius 2 is 2.17 bits per heavy atom. The Kier molecular flexibility index (Phi) is 1.69. The summed E-state index contributed by atoms with van der Waals surface area (Å²) in [5.41, 5.74) is 1.36. The van der Waals surface area contributed by atoms with Crippen LogP contribution in [0.25, 0.3) is 6.08 Å². The van der Waals surface area contributed by atoms with E-state index in [0.29, 0.717) is 5.69 Å². The van der Waals surface area contributed by atoms with Gasteiger partial charge in [-0.05, 0) is 28.1 Å². The SMILES string of the molecule is O=C1C=Cc2ncc(Br)cc2[N]1. The molecule has 0 N–H and O–H groups in total. The highest BCUT2D eigenvalue weighted by Crippen LogP contribution is 2.22. The highest BCUT2D eigenvalue weighted by Gasteiger charge is 2.11. The van der Waals surface area contributed by atoms with Gasteiger partial charge in [-0.1, -0.05) is 0 Å². The van der Waals surface area contributed by atoms with Gasteiger partial charge < -0.3 is 0 Å². The predicted octanol–water partition coefficient (Wildman–Crippen LogP) is 1.63. The van der Waals surface area contributed by atoms with Gasteiger partial charge in [-0.25, -0.2) is 5.32 Å². The summed E-state index contributed by atoms with van der Waals surface area (Å²) in [5.74, 6) is -0.234. The third-order valence-corrected chi connectivity index (χ3v) is 1.91. The molecule has 0 saturated heterocycles. The third kappa shape index (κ3) is 1.25. The molecule has 2 rings (SSSR count). The van der Waals surface area contributed by atoms with Gasteiger partial charge in [0.15, 0.2) is 0 Å². The van der Waals surface area contributed by atoms with E-state index in [4.69, 9.17) is 0 Å². The lowest BCUT2D eigenvalue weighted by Gasteiger charge is -2.07. The van der Waals surface area contributed by atoms with Crippen LogP contribution in [-0.4, -0.2) is 10.9 Å². The number of hydrogen-bond acceptors (Lipinski definition) is 2. The zero-order chi connectivity index (χ0) is 8.55. The van der Waals surface area contributed by atoms with Crippen molar-refractivity contribution in [2.24, 2.45) is 0 Å². The minimum Gasteiger partial charge on any atom is -0.267 e. The first kappa shape index (κ1) is 7.49.